The highest BCUT2D eigenvalue weighted by molar-refractivity contribution is 6.08. The highest BCUT2D eigenvalue weighted by atomic mass is 16.1. The van der Waals surface area contributed by atoms with Crippen LogP contribution in [0.2, 0.25) is 0 Å². The summed E-state index contributed by atoms with van der Waals surface area (Å²) in [6.07, 6.45) is 1.51. The standard InChI is InChI=1S/C17H15N3O/c1-12-8-9-13(2)15(10-12)17(21)16-11-18-20(19-16)14-6-4-3-5-7-14/h3-11H,1-2H3. The van der Waals surface area contributed by atoms with Gasteiger partial charge in [-0.3, -0.25) is 4.79 Å². The molecule has 0 unspecified atom stereocenters. The molecule has 0 bridgehead atoms. The van der Waals surface area contributed by atoms with E-state index < -0.39 is 0 Å². The molecule has 1 aromatic heterocycles. The number of nitrogens with zero attached hydrogens (tertiary/aromatic N) is 3. The molecule has 0 N–H and O–H groups in total. The van der Waals surface area contributed by atoms with Gasteiger partial charge in [-0.2, -0.15) is 9.90 Å². The Morgan fingerprint density at radius 1 is 1.05 bits per heavy atom. The van der Waals surface area contributed by atoms with E-state index >= 15 is 0 Å². The summed E-state index contributed by atoms with van der Waals surface area (Å²) in [6, 6.07) is 15.4. The van der Waals surface area contributed by atoms with Crippen molar-refractivity contribution in [2.45, 2.75) is 13.8 Å². The summed E-state index contributed by atoms with van der Waals surface area (Å²) in [5, 5.41) is 8.45. The molecule has 0 saturated carbocycles. The first kappa shape index (κ1) is 13.2. The maximum absolute atomic E-state index is 12.5. The molecule has 0 aliphatic rings. The van der Waals surface area contributed by atoms with E-state index in [1.54, 1.807) is 0 Å². The van der Waals surface area contributed by atoms with Crippen molar-refractivity contribution in [1.29, 1.82) is 0 Å². The molecule has 1 heterocycles. The van der Waals surface area contributed by atoms with Gasteiger partial charge in [-0.15, -0.1) is 5.10 Å². The summed E-state index contributed by atoms with van der Waals surface area (Å²) in [6.45, 7) is 3.89. The van der Waals surface area contributed by atoms with Gasteiger partial charge >= 0.3 is 0 Å². The van der Waals surface area contributed by atoms with Crippen molar-refractivity contribution in [3.63, 3.8) is 0 Å². The van der Waals surface area contributed by atoms with Crippen molar-refractivity contribution in [2.24, 2.45) is 0 Å². The van der Waals surface area contributed by atoms with E-state index in [0.29, 0.717) is 11.3 Å². The Kier molecular flexibility index (Phi) is 3.36. The minimum atomic E-state index is -0.0987. The molecule has 3 aromatic rings. The predicted octanol–water partition coefficient (Wildman–Crippen LogP) is 3.12. The van der Waals surface area contributed by atoms with Gasteiger partial charge in [-0.25, -0.2) is 0 Å². The zero-order chi connectivity index (χ0) is 14.8. The molecule has 0 saturated heterocycles. The fraction of sp³-hybridized carbons (Fsp3) is 0.118. The Bertz CT molecular complexity index is 791. The van der Waals surface area contributed by atoms with E-state index in [0.717, 1.165) is 16.8 Å². The molecule has 104 valence electrons. The lowest BCUT2D eigenvalue weighted by Gasteiger charge is -2.04. The number of hydrogen-bond donors (Lipinski definition) is 0. The molecule has 2 aromatic carbocycles. The minimum Gasteiger partial charge on any atom is -0.287 e. The van der Waals surface area contributed by atoms with Gasteiger partial charge in [0.15, 0.2) is 5.69 Å². The zero-order valence-corrected chi connectivity index (χ0v) is 11.9. The van der Waals surface area contributed by atoms with Crippen LogP contribution < -0.4 is 0 Å². The Labute approximate surface area is 123 Å². The monoisotopic (exact) mass is 277 g/mol. The molecule has 0 amide bonds. The Balaban J connectivity index is 1.96. The van der Waals surface area contributed by atoms with Gasteiger partial charge in [0.25, 0.3) is 0 Å². The number of rotatable bonds is 3. The van der Waals surface area contributed by atoms with E-state index in [1.165, 1.54) is 11.0 Å². The van der Waals surface area contributed by atoms with Gasteiger partial charge in [-0.1, -0.05) is 35.9 Å². The molecular formula is C17H15N3O. The van der Waals surface area contributed by atoms with Crippen LogP contribution in [0.25, 0.3) is 5.69 Å². The summed E-state index contributed by atoms with van der Waals surface area (Å²) in [7, 11) is 0. The number of aromatic nitrogens is 3. The molecule has 0 aliphatic heterocycles. The molecule has 0 fully saturated rings. The van der Waals surface area contributed by atoms with Crippen LogP contribution in [0.3, 0.4) is 0 Å². The maximum Gasteiger partial charge on any atom is 0.215 e. The van der Waals surface area contributed by atoms with E-state index in [9.17, 15) is 4.79 Å². The number of ketones is 1. The maximum atomic E-state index is 12.5. The summed E-state index contributed by atoms with van der Waals surface area (Å²) in [4.78, 5) is 14.0. The Morgan fingerprint density at radius 3 is 2.57 bits per heavy atom. The molecule has 4 nitrogen and oxygen atoms in total. The van der Waals surface area contributed by atoms with Gasteiger partial charge in [0.2, 0.25) is 5.78 Å². The second-order valence-electron chi connectivity index (χ2n) is 5.00. The van der Waals surface area contributed by atoms with E-state index in [4.69, 9.17) is 0 Å². The Hall–Kier alpha value is -2.75. The first-order valence-corrected chi connectivity index (χ1v) is 6.75. The second kappa shape index (κ2) is 5.32. The molecular weight excluding hydrogens is 262 g/mol. The number of carbonyl (C=O) groups is 1. The van der Waals surface area contributed by atoms with Gasteiger partial charge in [0.1, 0.15) is 0 Å². The largest absolute Gasteiger partial charge is 0.287 e. The molecule has 4 heteroatoms. The number of para-hydroxylation sites is 1. The average molecular weight is 277 g/mol. The van der Waals surface area contributed by atoms with Crippen LogP contribution in [0.4, 0.5) is 0 Å². The summed E-state index contributed by atoms with van der Waals surface area (Å²) >= 11 is 0. The highest BCUT2D eigenvalue weighted by Crippen LogP contribution is 2.15. The Morgan fingerprint density at radius 2 is 1.81 bits per heavy atom. The smallest absolute Gasteiger partial charge is 0.215 e. The van der Waals surface area contributed by atoms with E-state index in [-0.39, 0.29) is 5.78 Å². The lowest BCUT2D eigenvalue weighted by molar-refractivity contribution is 0.103. The van der Waals surface area contributed by atoms with Crippen molar-refractivity contribution in [2.75, 3.05) is 0 Å². The molecule has 0 aliphatic carbocycles. The van der Waals surface area contributed by atoms with Gasteiger partial charge < -0.3 is 0 Å². The number of hydrogen-bond acceptors (Lipinski definition) is 3. The van der Waals surface area contributed by atoms with Crippen LogP contribution in [-0.4, -0.2) is 20.8 Å². The van der Waals surface area contributed by atoms with Crippen LogP contribution >= 0.6 is 0 Å². The van der Waals surface area contributed by atoms with Gasteiger partial charge in [0.05, 0.1) is 11.9 Å². The van der Waals surface area contributed by atoms with Crippen molar-refractivity contribution in [1.82, 2.24) is 15.0 Å². The third kappa shape index (κ3) is 2.60. The summed E-state index contributed by atoms with van der Waals surface area (Å²) in [5.41, 5.74) is 3.86. The molecule has 0 spiro atoms. The SMILES string of the molecule is Cc1ccc(C)c(C(=O)c2cnn(-c3ccccc3)n2)c1. The fourth-order valence-corrected chi connectivity index (χ4v) is 2.17. The summed E-state index contributed by atoms with van der Waals surface area (Å²) < 4.78 is 0. The van der Waals surface area contributed by atoms with Crippen LogP contribution in [0.15, 0.2) is 54.7 Å². The van der Waals surface area contributed by atoms with Gasteiger partial charge in [0, 0.05) is 5.56 Å². The predicted molar refractivity (Wildman–Crippen MR) is 80.7 cm³/mol. The third-order valence-electron chi connectivity index (χ3n) is 3.35. The van der Waals surface area contributed by atoms with Crippen LogP contribution in [-0.2, 0) is 0 Å². The van der Waals surface area contributed by atoms with Crippen molar-refractivity contribution >= 4 is 5.78 Å². The minimum absolute atomic E-state index is 0.0987. The molecule has 0 radical (unpaired) electrons. The number of aryl methyl sites for hydroxylation is 2. The number of benzene rings is 2. The molecule has 0 atom stereocenters. The fourth-order valence-electron chi connectivity index (χ4n) is 2.17. The first-order valence-electron chi connectivity index (χ1n) is 6.75. The lowest BCUT2D eigenvalue weighted by Crippen LogP contribution is -2.06. The average Bonchev–Trinajstić information content (AvgIpc) is 3.00. The van der Waals surface area contributed by atoms with Crippen LogP contribution in [0.1, 0.15) is 27.2 Å². The third-order valence-corrected chi connectivity index (χ3v) is 3.35. The first-order chi connectivity index (χ1) is 10.1. The molecule has 3 rings (SSSR count). The van der Waals surface area contributed by atoms with Crippen LogP contribution in [0.5, 0.6) is 0 Å². The van der Waals surface area contributed by atoms with E-state index in [2.05, 4.69) is 10.2 Å². The second-order valence-corrected chi connectivity index (χ2v) is 5.00. The topological polar surface area (TPSA) is 47.8 Å². The summed E-state index contributed by atoms with van der Waals surface area (Å²) in [5.74, 6) is -0.0987. The molecule has 21 heavy (non-hydrogen) atoms. The zero-order valence-electron chi connectivity index (χ0n) is 11.9. The van der Waals surface area contributed by atoms with Gasteiger partial charge in [-0.05, 0) is 37.6 Å². The van der Waals surface area contributed by atoms with Crippen molar-refractivity contribution in [3.05, 3.63) is 77.1 Å². The quantitative estimate of drug-likeness (QED) is 0.691. The highest BCUT2D eigenvalue weighted by Gasteiger charge is 2.16. The van der Waals surface area contributed by atoms with Crippen molar-refractivity contribution < 1.29 is 4.79 Å². The number of carbonyl (C=O) groups excluding carboxylic acids is 1. The van der Waals surface area contributed by atoms with Crippen LogP contribution in [0, 0.1) is 13.8 Å². The van der Waals surface area contributed by atoms with E-state index in [1.807, 2.05) is 62.4 Å². The van der Waals surface area contributed by atoms with Crippen molar-refractivity contribution in [3.8, 4) is 5.69 Å². The normalized spacial score (nSPS) is 10.6. The lowest BCUT2D eigenvalue weighted by atomic mass is 10.0.